The molecule has 0 saturated carbocycles. The van der Waals surface area contributed by atoms with Crippen molar-refractivity contribution < 1.29 is 14.3 Å². The Labute approximate surface area is 156 Å². The molecule has 5 nitrogen and oxygen atoms in total. The summed E-state index contributed by atoms with van der Waals surface area (Å²) in [6.45, 7) is 0.672. The Bertz CT molecular complexity index is 796. The number of likely N-dealkylation sites (N-methyl/N-ethyl adjacent to an activating group) is 1. The molecule has 2 aromatic rings. The normalized spacial score (nSPS) is 13.8. The van der Waals surface area contributed by atoms with E-state index in [-0.39, 0.29) is 18.7 Å². The van der Waals surface area contributed by atoms with Crippen LogP contribution >= 0.6 is 23.2 Å². The molecular formula is C18H18Cl2N2O3. The highest BCUT2D eigenvalue weighted by atomic mass is 35.5. The monoisotopic (exact) mass is 380 g/mol. The van der Waals surface area contributed by atoms with Crippen molar-refractivity contribution in [3.05, 3.63) is 57.6 Å². The van der Waals surface area contributed by atoms with Crippen molar-refractivity contribution in [2.75, 3.05) is 27.4 Å². The third kappa shape index (κ3) is 4.00. The topological polar surface area (TPSA) is 50.8 Å². The highest BCUT2D eigenvalue weighted by Gasteiger charge is 2.20. The summed E-state index contributed by atoms with van der Waals surface area (Å²) in [6, 6.07) is 10.6. The number of carbonyl (C=O) groups excluding carboxylic acids is 1. The Morgan fingerprint density at radius 2 is 1.88 bits per heavy atom. The van der Waals surface area contributed by atoms with E-state index >= 15 is 0 Å². The van der Waals surface area contributed by atoms with Crippen LogP contribution in [0, 0.1) is 0 Å². The maximum atomic E-state index is 12.4. The fraction of sp³-hybridized carbons (Fsp3) is 0.278. The number of hydrogen-bond donors (Lipinski definition) is 1. The van der Waals surface area contributed by atoms with Crippen LogP contribution in [0.3, 0.4) is 0 Å². The van der Waals surface area contributed by atoms with E-state index in [0.717, 1.165) is 17.1 Å². The van der Waals surface area contributed by atoms with Gasteiger partial charge in [0.1, 0.15) is 0 Å². The number of nitrogens with one attached hydrogen (secondary N) is 1. The molecular weight excluding hydrogens is 363 g/mol. The molecule has 0 fully saturated rings. The average molecular weight is 381 g/mol. The largest absolute Gasteiger partial charge is 0.454 e. The molecule has 0 bridgehead atoms. The summed E-state index contributed by atoms with van der Waals surface area (Å²) in [5.74, 6) is 1.26. The van der Waals surface area contributed by atoms with E-state index in [4.69, 9.17) is 32.7 Å². The first-order chi connectivity index (χ1) is 12.0. The van der Waals surface area contributed by atoms with Crippen molar-refractivity contribution in [2.24, 2.45) is 0 Å². The van der Waals surface area contributed by atoms with E-state index in [0.29, 0.717) is 22.2 Å². The highest BCUT2D eigenvalue weighted by molar-refractivity contribution is 6.42. The minimum Gasteiger partial charge on any atom is -0.454 e. The molecule has 0 spiro atoms. The van der Waals surface area contributed by atoms with Crippen LogP contribution < -0.4 is 14.8 Å². The lowest BCUT2D eigenvalue weighted by molar-refractivity contribution is 0.0942. The van der Waals surface area contributed by atoms with Crippen LogP contribution in [0.5, 0.6) is 11.5 Å². The maximum absolute atomic E-state index is 12.4. The molecule has 7 heteroatoms. The van der Waals surface area contributed by atoms with Crippen LogP contribution in [0.1, 0.15) is 22.0 Å². The van der Waals surface area contributed by atoms with E-state index in [1.54, 1.807) is 18.2 Å². The second-order valence-corrected chi connectivity index (χ2v) is 6.75. The van der Waals surface area contributed by atoms with Crippen LogP contribution in [-0.4, -0.2) is 38.2 Å². The number of benzene rings is 2. The molecule has 1 amide bonds. The zero-order chi connectivity index (χ0) is 18.0. The first kappa shape index (κ1) is 17.9. The predicted molar refractivity (Wildman–Crippen MR) is 97.8 cm³/mol. The first-order valence-corrected chi connectivity index (χ1v) is 8.50. The Balaban J connectivity index is 1.72. The zero-order valence-corrected chi connectivity index (χ0v) is 15.4. The van der Waals surface area contributed by atoms with E-state index < -0.39 is 0 Å². The van der Waals surface area contributed by atoms with Crippen molar-refractivity contribution in [1.82, 2.24) is 10.2 Å². The minimum absolute atomic E-state index is 0.0128. The molecule has 1 aliphatic rings. The van der Waals surface area contributed by atoms with E-state index in [9.17, 15) is 4.79 Å². The van der Waals surface area contributed by atoms with Gasteiger partial charge in [-0.15, -0.1) is 0 Å². The Morgan fingerprint density at radius 1 is 1.12 bits per heavy atom. The van der Waals surface area contributed by atoms with Gasteiger partial charge in [0.05, 0.1) is 16.1 Å². The quantitative estimate of drug-likeness (QED) is 0.857. The lowest BCUT2D eigenvalue weighted by Crippen LogP contribution is -2.34. The number of halogens is 2. The van der Waals surface area contributed by atoms with Gasteiger partial charge in [-0.1, -0.05) is 29.3 Å². The van der Waals surface area contributed by atoms with Gasteiger partial charge in [0, 0.05) is 12.1 Å². The number of hydrogen-bond acceptors (Lipinski definition) is 4. The van der Waals surface area contributed by atoms with Gasteiger partial charge in [0.25, 0.3) is 5.91 Å². The molecule has 0 radical (unpaired) electrons. The summed E-state index contributed by atoms with van der Waals surface area (Å²) < 4.78 is 10.8. The molecule has 3 rings (SSSR count). The smallest absolute Gasteiger partial charge is 0.251 e. The fourth-order valence-corrected chi connectivity index (χ4v) is 2.95. The van der Waals surface area contributed by atoms with Crippen molar-refractivity contribution in [2.45, 2.75) is 6.04 Å². The number of amides is 1. The predicted octanol–water partition coefficient (Wildman–Crippen LogP) is 3.75. The van der Waals surface area contributed by atoms with E-state index in [1.807, 2.05) is 37.2 Å². The van der Waals surface area contributed by atoms with Gasteiger partial charge in [-0.3, -0.25) is 4.79 Å². The van der Waals surface area contributed by atoms with Gasteiger partial charge in [0.2, 0.25) is 6.79 Å². The molecule has 1 unspecified atom stereocenters. The number of rotatable bonds is 5. The number of fused-ring (bicyclic) bond motifs is 1. The highest BCUT2D eigenvalue weighted by Crippen LogP contribution is 2.35. The van der Waals surface area contributed by atoms with E-state index in [2.05, 4.69) is 5.32 Å². The third-order valence-electron chi connectivity index (χ3n) is 4.04. The lowest BCUT2D eigenvalue weighted by Gasteiger charge is -2.25. The first-order valence-electron chi connectivity index (χ1n) is 7.75. The molecule has 25 heavy (non-hydrogen) atoms. The van der Waals surface area contributed by atoms with Crippen molar-refractivity contribution in [3.8, 4) is 11.5 Å². The summed E-state index contributed by atoms with van der Waals surface area (Å²) in [5, 5.41) is 3.72. The fourth-order valence-electron chi connectivity index (χ4n) is 2.65. The van der Waals surface area contributed by atoms with Crippen LogP contribution in [-0.2, 0) is 0 Å². The van der Waals surface area contributed by atoms with Crippen LogP contribution in [0.25, 0.3) is 0 Å². The van der Waals surface area contributed by atoms with Crippen LogP contribution in [0.4, 0.5) is 0 Å². The minimum atomic E-state index is -0.203. The summed E-state index contributed by atoms with van der Waals surface area (Å²) in [6.07, 6.45) is 0. The number of carbonyl (C=O) groups is 1. The Morgan fingerprint density at radius 3 is 2.60 bits per heavy atom. The van der Waals surface area contributed by atoms with Crippen molar-refractivity contribution in [1.29, 1.82) is 0 Å². The van der Waals surface area contributed by atoms with Gasteiger partial charge in [-0.2, -0.15) is 0 Å². The van der Waals surface area contributed by atoms with Crippen LogP contribution in [0.2, 0.25) is 10.0 Å². The summed E-state index contributed by atoms with van der Waals surface area (Å²) in [4.78, 5) is 14.4. The lowest BCUT2D eigenvalue weighted by atomic mass is 10.0. The Kier molecular flexibility index (Phi) is 5.37. The van der Waals surface area contributed by atoms with Gasteiger partial charge in [-0.25, -0.2) is 0 Å². The van der Waals surface area contributed by atoms with Crippen molar-refractivity contribution in [3.63, 3.8) is 0 Å². The molecule has 132 valence electrons. The SMILES string of the molecule is CN(C)C(CNC(=O)c1ccc(Cl)c(Cl)c1)c1ccc2c(c1)OCO2. The molecule has 1 atom stereocenters. The Hall–Kier alpha value is -1.95. The van der Waals surface area contributed by atoms with Gasteiger partial charge in [-0.05, 0) is 50.0 Å². The molecule has 1 N–H and O–H groups in total. The molecule has 2 aromatic carbocycles. The molecule has 0 saturated heterocycles. The van der Waals surface area contributed by atoms with Gasteiger partial charge < -0.3 is 19.7 Å². The molecule has 0 aliphatic carbocycles. The standard InChI is InChI=1S/C18H18Cl2N2O3/c1-22(2)15(11-4-6-16-17(8-11)25-10-24-16)9-21-18(23)12-3-5-13(19)14(20)7-12/h3-8,15H,9-10H2,1-2H3,(H,21,23). The number of nitrogens with zero attached hydrogens (tertiary/aromatic N) is 1. The molecule has 0 aromatic heterocycles. The van der Waals surface area contributed by atoms with E-state index in [1.165, 1.54) is 0 Å². The second-order valence-electron chi connectivity index (χ2n) is 5.93. The molecule has 1 heterocycles. The summed E-state index contributed by atoms with van der Waals surface area (Å²) in [7, 11) is 3.92. The number of ether oxygens (including phenoxy) is 2. The third-order valence-corrected chi connectivity index (χ3v) is 4.78. The summed E-state index contributed by atoms with van der Waals surface area (Å²) >= 11 is 11.9. The molecule has 1 aliphatic heterocycles. The summed E-state index contributed by atoms with van der Waals surface area (Å²) in [5.41, 5.74) is 1.50. The van der Waals surface area contributed by atoms with Crippen LogP contribution in [0.15, 0.2) is 36.4 Å². The van der Waals surface area contributed by atoms with Crippen molar-refractivity contribution >= 4 is 29.1 Å². The van der Waals surface area contributed by atoms with Gasteiger partial charge in [0.15, 0.2) is 11.5 Å². The second kappa shape index (κ2) is 7.52. The maximum Gasteiger partial charge on any atom is 0.251 e. The average Bonchev–Trinajstić information content (AvgIpc) is 3.04. The zero-order valence-electron chi connectivity index (χ0n) is 13.9. The van der Waals surface area contributed by atoms with Gasteiger partial charge >= 0.3 is 0 Å².